The molecule has 0 spiro atoms. The Hall–Kier alpha value is -1.86. The fraction of sp³-hybridized carbons (Fsp3) is 0.250. The third-order valence-electron chi connectivity index (χ3n) is 2.94. The summed E-state index contributed by atoms with van der Waals surface area (Å²) in [5, 5.41) is 13.6. The van der Waals surface area contributed by atoms with Gasteiger partial charge in [-0.3, -0.25) is 4.68 Å². The zero-order chi connectivity index (χ0) is 14.0. The number of nitrogens with one attached hydrogen (secondary N) is 1. The predicted molar refractivity (Wildman–Crippen MR) is 70.1 cm³/mol. The van der Waals surface area contributed by atoms with Crippen LogP contribution in [0.25, 0.3) is 0 Å². The van der Waals surface area contributed by atoms with Gasteiger partial charge in [0.05, 0.1) is 6.20 Å². The van der Waals surface area contributed by atoms with Crippen LogP contribution in [-0.4, -0.2) is 23.3 Å². The second-order valence-electron chi connectivity index (χ2n) is 4.17. The van der Waals surface area contributed by atoms with Crippen LogP contribution in [0.4, 0.5) is 0 Å². The molecule has 2 rings (SSSR count). The summed E-state index contributed by atoms with van der Waals surface area (Å²) >= 11 is 0. The Morgan fingerprint density at radius 3 is 2.63 bits per heavy atom. The van der Waals surface area contributed by atoms with Crippen molar-refractivity contribution in [3.8, 4) is 5.75 Å². The molecule has 0 saturated heterocycles. The summed E-state index contributed by atoms with van der Waals surface area (Å²) in [6, 6.07) is 5.82. The van der Waals surface area contributed by atoms with Gasteiger partial charge in [-0.2, -0.15) is 5.10 Å². The van der Waals surface area contributed by atoms with E-state index in [4.69, 9.17) is 0 Å². The van der Waals surface area contributed by atoms with Crippen LogP contribution in [0.5, 0.6) is 5.75 Å². The highest BCUT2D eigenvalue weighted by Gasteiger charge is 2.18. The highest BCUT2D eigenvalue weighted by Crippen LogP contribution is 2.21. The monoisotopic (exact) mass is 281 g/mol. The Morgan fingerprint density at radius 2 is 2.05 bits per heavy atom. The normalized spacial score (nSPS) is 11.7. The largest absolute Gasteiger partial charge is 0.507 e. The van der Waals surface area contributed by atoms with Crippen LogP contribution in [0, 0.1) is 6.92 Å². The number of rotatable bonds is 4. The molecule has 0 aliphatic carbocycles. The van der Waals surface area contributed by atoms with Crippen LogP contribution < -0.4 is 4.72 Å². The van der Waals surface area contributed by atoms with E-state index >= 15 is 0 Å². The van der Waals surface area contributed by atoms with Gasteiger partial charge in [0.1, 0.15) is 10.6 Å². The van der Waals surface area contributed by atoms with Gasteiger partial charge in [-0.05, 0) is 19.1 Å². The van der Waals surface area contributed by atoms with Crippen LogP contribution in [-0.2, 0) is 23.6 Å². The van der Waals surface area contributed by atoms with E-state index < -0.39 is 10.0 Å². The zero-order valence-corrected chi connectivity index (χ0v) is 11.5. The molecule has 7 heteroatoms. The lowest BCUT2D eigenvalue weighted by atomic mass is 10.3. The fourth-order valence-electron chi connectivity index (χ4n) is 1.65. The molecule has 0 amide bonds. The summed E-state index contributed by atoms with van der Waals surface area (Å²) in [7, 11) is -1.95. The molecule has 0 radical (unpaired) electrons. The van der Waals surface area contributed by atoms with Crippen molar-refractivity contribution in [3.05, 3.63) is 41.7 Å². The predicted octanol–water partition coefficient (Wildman–Crippen LogP) is 0.913. The summed E-state index contributed by atoms with van der Waals surface area (Å²) in [6.07, 6.45) is 1.61. The number of sulfonamides is 1. The number of hydrogen-bond acceptors (Lipinski definition) is 4. The topological polar surface area (TPSA) is 84.2 Å². The van der Waals surface area contributed by atoms with Gasteiger partial charge in [-0.15, -0.1) is 0 Å². The molecule has 0 unspecified atom stereocenters. The van der Waals surface area contributed by atoms with Gasteiger partial charge in [0.15, 0.2) is 0 Å². The maximum absolute atomic E-state index is 12.0. The molecular weight excluding hydrogens is 266 g/mol. The number of aryl methyl sites for hydroxylation is 1. The number of para-hydroxylation sites is 1. The van der Waals surface area contributed by atoms with Crippen LogP contribution in [0.1, 0.15) is 11.3 Å². The second kappa shape index (κ2) is 5.02. The highest BCUT2D eigenvalue weighted by molar-refractivity contribution is 7.89. The Morgan fingerprint density at radius 1 is 1.37 bits per heavy atom. The summed E-state index contributed by atoms with van der Waals surface area (Å²) in [4.78, 5) is -0.128. The lowest BCUT2D eigenvalue weighted by molar-refractivity contribution is 0.458. The van der Waals surface area contributed by atoms with Gasteiger partial charge < -0.3 is 5.11 Å². The zero-order valence-electron chi connectivity index (χ0n) is 10.7. The minimum Gasteiger partial charge on any atom is -0.507 e. The van der Waals surface area contributed by atoms with Crippen molar-refractivity contribution in [2.24, 2.45) is 7.05 Å². The van der Waals surface area contributed by atoms with Gasteiger partial charge in [-0.1, -0.05) is 12.1 Å². The number of benzene rings is 1. The lowest BCUT2D eigenvalue weighted by Crippen LogP contribution is -2.23. The molecule has 1 aromatic carbocycles. The van der Waals surface area contributed by atoms with Crippen molar-refractivity contribution >= 4 is 10.0 Å². The van der Waals surface area contributed by atoms with E-state index in [2.05, 4.69) is 9.82 Å². The molecule has 0 saturated carbocycles. The van der Waals surface area contributed by atoms with Crippen molar-refractivity contribution < 1.29 is 13.5 Å². The molecule has 19 heavy (non-hydrogen) atoms. The summed E-state index contributed by atoms with van der Waals surface area (Å²) in [5.74, 6) is -0.266. The minimum absolute atomic E-state index is 0.128. The van der Waals surface area contributed by atoms with E-state index in [-0.39, 0.29) is 17.2 Å². The van der Waals surface area contributed by atoms with Crippen molar-refractivity contribution in [2.75, 3.05) is 0 Å². The van der Waals surface area contributed by atoms with E-state index in [1.807, 2.05) is 6.92 Å². The lowest BCUT2D eigenvalue weighted by Gasteiger charge is -2.07. The molecule has 0 atom stereocenters. The molecule has 6 nitrogen and oxygen atoms in total. The number of aromatic hydroxyl groups is 1. The molecule has 0 aliphatic rings. The number of nitrogens with zero attached hydrogens (tertiary/aromatic N) is 2. The Bertz CT molecular complexity index is 692. The van der Waals surface area contributed by atoms with Crippen molar-refractivity contribution in [3.63, 3.8) is 0 Å². The Balaban J connectivity index is 2.19. The first-order valence-corrected chi connectivity index (χ1v) is 7.15. The van der Waals surface area contributed by atoms with Gasteiger partial charge in [-0.25, -0.2) is 13.1 Å². The SMILES string of the molecule is Cc1c(CNS(=O)(=O)c2ccccc2O)cnn1C. The van der Waals surface area contributed by atoms with Crippen molar-refractivity contribution in [1.82, 2.24) is 14.5 Å². The average Bonchev–Trinajstić information content (AvgIpc) is 2.68. The minimum atomic E-state index is -3.73. The summed E-state index contributed by atoms with van der Waals surface area (Å²) < 4.78 is 28.2. The van der Waals surface area contributed by atoms with E-state index in [0.717, 1.165) is 11.3 Å². The maximum atomic E-state index is 12.0. The second-order valence-corrected chi connectivity index (χ2v) is 5.91. The van der Waals surface area contributed by atoms with Gasteiger partial charge in [0.25, 0.3) is 0 Å². The smallest absolute Gasteiger partial charge is 0.244 e. The molecule has 0 fully saturated rings. The van der Waals surface area contributed by atoms with Crippen LogP contribution in [0.3, 0.4) is 0 Å². The number of hydrogen-bond donors (Lipinski definition) is 2. The van der Waals surface area contributed by atoms with E-state index in [0.29, 0.717) is 0 Å². The Kier molecular flexibility index (Phi) is 3.59. The first-order chi connectivity index (χ1) is 8.92. The Labute approximate surface area is 111 Å². The van der Waals surface area contributed by atoms with Gasteiger partial charge >= 0.3 is 0 Å². The molecule has 2 N–H and O–H groups in total. The quantitative estimate of drug-likeness (QED) is 0.872. The first-order valence-electron chi connectivity index (χ1n) is 5.67. The third-order valence-corrected chi connectivity index (χ3v) is 4.39. The van der Waals surface area contributed by atoms with Crippen molar-refractivity contribution in [1.29, 1.82) is 0 Å². The standard InChI is InChI=1S/C12H15N3O3S/c1-9-10(7-13-15(9)2)8-14-19(17,18)12-6-4-3-5-11(12)16/h3-7,14,16H,8H2,1-2H3. The fourth-order valence-corrected chi connectivity index (χ4v) is 2.75. The summed E-state index contributed by atoms with van der Waals surface area (Å²) in [6.45, 7) is 1.99. The summed E-state index contributed by atoms with van der Waals surface area (Å²) in [5.41, 5.74) is 1.68. The van der Waals surface area contributed by atoms with Gasteiger partial charge in [0.2, 0.25) is 10.0 Å². The first kappa shape index (κ1) is 13.6. The molecular formula is C12H15N3O3S. The third kappa shape index (κ3) is 2.77. The maximum Gasteiger partial charge on any atom is 0.244 e. The number of aromatic nitrogens is 2. The van der Waals surface area contributed by atoms with Crippen LogP contribution >= 0.6 is 0 Å². The molecule has 0 bridgehead atoms. The molecule has 0 aliphatic heterocycles. The van der Waals surface area contributed by atoms with E-state index in [1.54, 1.807) is 30.1 Å². The van der Waals surface area contributed by atoms with Crippen molar-refractivity contribution in [2.45, 2.75) is 18.4 Å². The van der Waals surface area contributed by atoms with E-state index in [9.17, 15) is 13.5 Å². The number of phenols is 1. The molecule has 1 heterocycles. The number of phenolic OH excluding ortho intramolecular Hbond substituents is 1. The van der Waals surface area contributed by atoms with E-state index in [1.165, 1.54) is 12.1 Å². The van der Waals surface area contributed by atoms with Crippen LogP contribution in [0.2, 0.25) is 0 Å². The molecule has 2 aromatic rings. The average molecular weight is 281 g/mol. The highest BCUT2D eigenvalue weighted by atomic mass is 32.2. The van der Waals surface area contributed by atoms with Crippen LogP contribution in [0.15, 0.2) is 35.4 Å². The van der Waals surface area contributed by atoms with Gasteiger partial charge in [0, 0.05) is 24.8 Å². The molecule has 1 aromatic heterocycles. The molecule has 102 valence electrons.